The Morgan fingerprint density at radius 1 is 1.14 bits per heavy atom. The lowest BCUT2D eigenvalue weighted by Gasteiger charge is -2.36. The van der Waals surface area contributed by atoms with Crippen LogP contribution in [0, 0.1) is 20.8 Å². The standard InChI is InChI=1S/C26H32N4O5/c1-18-16-19(2)24(27-20(18)3)28-9-11-29(12-10-28)25(32)21-4-6-22(7-5-21)30-23(17-35-26(30)33)8-14-34-15-13-31/h4-8,14,16,23,31H,9-13,15,17H2,1-3H3/b14-8+. The van der Waals surface area contributed by atoms with Crippen LogP contribution in [0.5, 0.6) is 0 Å². The van der Waals surface area contributed by atoms with E-state index >= 15 is 0 Å². The van der Waals surface area contributed by atoms with E-state index < -0.39 is 6.09 Å². The minimum absolute atomic E-state index is 0.0289. The van der Waals surface area contributed by atoms with Gasteiger partial charge in [-0.3, -0.25) is 9.69 Å². The average molecular weight is 481 g/mol. The van der Waals surface area contributed by atoms with Crippen molar-refractivity contribution in [3.8, 4) is 0 Å². The maximum atomic E-state index is 13.1. The molecule has 0 spiro atoms. The van der Waals surface area contributed by atoms with Gasteiger partial charge in [-0.2, -0.15) is 0 Å². The lowest BCUT2D eigenvalue weighted by atomic mass is 10.1. The maximum Gasteiger partial charge on any atom is 0.415 e. The summed E-state index contributed by atoms with van der Waals surface area (Å²) >= 11 is 0. The molecule has 1 atom stereocenters. The minimum atomic E-state index is -0.452. The molecule has 3 heterocycles. The molecule has 1 N–H and O–H groups in total. The molecular weight excluding hydrogens is 448 g/mol. The number of carbonyl (C=O) groups excluding carboxylic acids is 2. The SMILES string of the molecule is Cc1cc(C)c(N2CCN(C(=O)c3ccc(N4C(=O)OCC4/C=C/OCCO)cc3)CC2)nc1C. The Morgan fingerprint density at radius 3 is 2.54 bits per heavy atom. The van der Waals surface area contributed by atoms with Crippen LogP contribution < -0.4 is 9.80 Å². The topological polar surface area (TPSA) is 95.4 Å². The molecule has 1 aromatic heterocycles. The predicted octanol–water partition coefficient (Wildman–Crippen LogP) is 2.82. The van der Waals surface area contributed by atoms with Gasteiger partial charge in [-0.05, 0) is 62.2 Å². The van der Waals surface area contributed by atoms with E-state index in [1.165, 1.54) is 16.7 Å². The van der Waals surface area contributed by atoms with Crippen LogP contribution >= 0.6 is 0 Å². The van der Waals surface area contributed by atoms with Crippen molar-refractivity contribution in [1.29, 1.82) is 0 Å². The summed E-state index contributed by atoms with van der Waals surface area (Å²) in [5.41, 5.74) is 4.58. The number of pyridine rings is 1. The Labute approximate surface area is 205 Å². The van der Waals surface area contributed by atoms with Crippen molar-refractivity contribution in [2.75, 3.05) is 55.8 Å². The normalized spacial score (nSPS) is 18.3. The number of aryl methyl sites for hydroxylation is 3. The molecule has 2 saturated heterocycles. The fourth-order valence-electron chi connectivity index (χ4n) is 4.36. The molecule has 9 heteroatoms. The fraction of sp³-hybridized carbons (Fsp3) is 0.423. The number of cyclic esters (lactones) is 1. The Kier molecular flexibility index (Phi) is 7.55. The molecular formula is C26H32N4O5. The van der Waals surface area contributed by atoms with Gasteiger partial charge in [-0.1, -0.05) is 6.07 Å². The van der Waals surface area contributed by atoms with E-state index in [9.17, 15) is 9.59 Å². The Morgan fingerprint density at radius 2 is 1.86 bits per heavy atom. The monoisotopic (exact) mass is 480 g/mol. The lowest BCUT2D eigenvalue weighted by Crippen LogP contribution is -2.49. The number of hydrogen-bond donors (Lipinski definition) is 1. The van der Waals surface area contributed by atoms with E-state index in [-0.39, 0.29) is 31.8 Å². The number of piperazine rings is 1. The third-order valence-electron chi connectivity index (χ3n) is 6.40. The van der Waals surface area contributed by atoms with Crippen molar-refractivity contribution in [3.05, 3.63) is 65.1 Å². The molecule has 35 heavy (non-hydrogen) atoms. The number of amides is 2. The molecule has 4 rings (SSSR count). The number of nitrogens with zero attached hydrogens (tertiary/aromatic N) is 4. The first-order chi connectivity index (χ1) is 16.9. The van der Waals surface area contributed by atoms with Crippen LogP contribution in [-0.2, 0) is 9.47 Å². The molecule has 2 fully saturated rings. The van der Waals surface area contributed by atoms with E-state index in [4.69, 9.17) is 19.6 Å². The summed E-state index contributed by atoms with van der Waals surface area (Å²) in [6.45, 7) is 9.17. The van der Waals surface area contributed by atoms with Gasteiger partial charge in [0.15, 0.2) is 0 Å². The number of aliphatic hydroxyl groups excluding tert-OH is 1. The second-order valence-electron chi connectivity index (χ2n) is 8.79. The summed E-state index contributed by atoms with van der Waals surface area (Å²) in [5, 5.41) is 8.81. The third-order valence-corrected chi connectivity index (χ3v) is 6.40. The molecule has 2 aliphatic rings. The number of benzene rings is 1. The molecule has 2 amide bonds. The van der Waals surface area contributed by atoms with E-state index in [1.54, 1.807) is 30.3 Å². The van der Waals surface area contributed by atoms with Gasteiger partial charge in [0, 0.05) is 43.1 Å². The fourth-order valence-corrected chi connectivity index (χ4v) is 4.36. The van der Waals surface area contributed by atoms with Crippen molar-refractivity contribution >= 4 is 23.5 Å². The number of aromatic nitrogens is 1. The van der Waals surface area contributed by atoms with Crippen LogP contribution in [0.3, 0.4) is 0 Å². The number of anilines is 2. The molecule has 0 radical (unpaired) electrons. The first-order valence-corrected chi connectivity index (χ1v) is 11.8. The molecule has 9 nitrogen and oxygen atoms in total. The summed E-state index contributed by atoms with van der Waals surface area (Å²) in [6.07, 6.45) is 2.72. The second-order valence-corrected chi connectivity index (χ2v) is 8.79. The highest BCUT2D eigenvalue weighted by atomic mass is 16.6. The highest BCUT2D eigenvalue weighted by molar-refractivity contribution is 5.96. The van der Waals surface area contributed by atoms with Crippen molar-refractivity contribution in [3.63, 3.8) is 0 Å². The highest BCUT2D eigenvalue weighted by Gasteiger charge is 2.33. The van der Waals surface area contributed by atoms with E-state index in [0.29, 0.717) is 24.3 Å². The number of aliphatic hydroxyl groups is 1. The zero-order valence-corrected chi connectivity index (χ0v) is 20.4. The number of rotatable bonds is 7. The minimum Gasteiger partial charge on any atom is -0.499 e. The van der Waals surface area contributed by atoms with Gasteiger partial charge in [0.1, 0.15) is 19.0 Å². The van der Waals surface area contributed by atoms with Gasteiger partial charge < -0.3 is 24.4 Å². The zero-order chi connectivity index (χ0) is 24.9. The number of ether oxygens (including phenoxy) is 2. The Hall–Kier alpha value is -3.59. The third kappa shape index (κ3) is 5.40. The van der Waals surface area contributed by atoms with E-state index in [2.05, 4.69) is 24.8 Å². The van der Waals surface area contributed by atoms with Gasteiger partial charge in [-0.15, -0.1) is 0 Å². The highest BCUT2D eigenvalue weighted by Crippen LogP contribution is 2.26. The van der Waals surface area contributed by atoms with Gasteiger partial charge in [0.05, 0.1) is 18.9 Å². The van der Waals surface area contributed by atoms with Gasteiger partial charge in [0.25, 0.3) is 5.91 Å². The molecule has 1 unspecified atom stereocenters. The van der Waals surface area contributed by atoms with Crippen LogP contribution in [0.25, 0.3) is 0 Å². The molecule has 1 aromatic carbocycles. The van der Waals surface area contributed by atoms with E-state index in [1.807, 2.05) is 11.8 Å². The molecule has 0 aliphatic carbocycles. The molecule has 2 aliphatic heterocycles. The summed E-state index contributed by atoms with van der Waals surface area (Å²) in [5.74, 6) is 0.964. The molecule has 2 aromatic rings. The average Bonchev–Trinajstić information content (AvgIpc) is 3.24. The smallest absolute Gasteiger partial charge is 0.415 e. The van der Waals surface area contributed by atoms with E-state index in [0.717, 1.165) is 30.2 Å². The Balaban J connectivity index is 1.38. The quantitative estimate of drug-likeness (QED) is 0.481. The number of hydrogen-bond acceptors (Lipinski definition) is 7. The molecule has 0 bridgehead atoms. The van der Waals surface area contributed by atoms with Crippen molar-refractivity contribution < 1.29 is 24.2 Å². The molecule has 186 valence electrons. The first-order valence-electron chi connectivity index (χ1n) is 11.8. The summed E-state index contributed by atoms with van der Waals surface area (Å²) in [7, 11) is 0. The van der Waals surface area contributed by atoms with Crippen molar-refractivity contribution in [2.24, 2.45) is 0 Å². The van der Waals surface area contributed by atoms with Crippen LogP contribution in [0.1, 0.15) is 27.2 Å². The van der Waals surface area contributed by atoms with Gasteiger partial charge >= 0.3 is 6.09 Å². The van der Waals surface area contributed by atoms with Crippen LogP contribution in [0.15, 0.2) is 42.7 Å². The second kappa shape index (κ2) is 10.8. The van der Waals surface area contributed by atoms with Crippen molar-refractivity contribution in [1.82, 2.24) is 9.88 Å². The van der Waals surface area contributed by atoms with Crippen LogP contribution in [0.4, 0.5) is 16.3 Å². The van der Waals surface area contributed by atoms with Crippen LogP contribution in [-0.4, -0.2) is 79.0 Å². The van der Waals surface area contributed by atoms with Crippen molar-refractivity contribution in [2.45, 2.75) is 26.8 Å². The van der Waals surface area contributed by atoms with Crippen LogP contribution in [0.2, 0.25) is 0 Å². The lowest BCUT2D eigenvalue weighted by molar-refractivity contribution is 0.0746. The summed E-state index contributed by atoms with van der Waals surface area (Å²) < 4.78 is 10.3. The zero-order valence-electron chi connectivity index (χ0n) is 20.4. The Bertz CT molecular complexity index is 1090. The van der Waals surface area contributed by atoms with Gasteiger partial charge in [0.2, 0.25) is 0 Å². The largest absolute Gasteiger partial charge is 0.499 e. The van der Waals surface area contributed by atoms with Gasteiger partial charge in [-0.25, -0.2) is 9.78 Å². The first kappa shape index (κ1) is 24.5. The summed E-state index contributed by atoms with van der Waals surface area (Å²) in [4.78, 5) is 35.8. The molecule has 0 saturated carbocycles. The maximum absolute atomic E-state index is 13.1. The number of carbonyl (C=O) groups is 2. The predicted molar refractivity (Wildman–Crippen MR) is 133 cm³/mol. The summed E-state index contributed by atoms with van der Waals surface area (Å²) in [6, 6.07) is 8.84.